The molecule has 158 valence electrons. The van der Waals surface area contributed by atoms with E-state index in [4.69, 9.17) is 0 Å². The van der Waals surface area contributed by atoms with E-state index in [9.17, 15) is 23.1 Å². The maximum absolute atomic E-state index is 13.2. The molecule has 3 heterocycles. The fourth-order valence-electron chi connectivity index (χ4n) is 3.45. The molecule has 1 aliphatic rings. The van der Waals surface area contributed by atoms with E-state index in [1.165, 1.54) is 0 Å². The summed E-state index contributed by atoms with van der Waals surface area (Å²) >= 11 is 0. The van der Waals surface area contributed by atoms with Crippen LogP contribution < -0.4 is 10.2 Å². The Morgan fingerprint density at radius 1 is 1.38 bits per heavy atom. The summed E-state index contributed by atoms with van der Waals surface area (Å²) in [6.45, 7) is 4.76. The third kappa shape index (κ3) is 4.51. The number of anilines is 3. The number of carboxylic acid groups (broad SMARTS) is 1. The lowest BCUT2D eigenvalue weighted by Crippen LogP contribution is -2.54. The zero-order valence-corrected chi connectivity index (χ0v) is 16.1. The van der Waals surface area contributed by atoms with Crippen molar-refractivity contribution in [3.05, 3.63) is 24.0 Å². The molecule has 12 heteroatoms. The number of aromatic nitrogens is 4. The average Bonchev–Trinajstić information content (AvgIpc) is 3.24. The number of halogens is 3. The van der Waals surface area contributed by atoms with Gasteiger partial charge in [-0.15, -0.1) is 0 Å². The SMILES string of the molecule is Cc1cc(Nc2cc[nH]n2)nc(N2C[C@H](C)[C@@H](N(C(=O)O)[C@@H](C)C(F)(F)F)C2)n1. The largest absolute Gasteiger partial charge is 0.465 e. The van der Waals surface area contributed by atoms with Crippen molar-refractivity contribution in [2.75, 3.05) is 23.3 Å². The maximum atomic E-state index is 13.2. The molecule has 9 nitrogen and oxygen atoms in total. The van der Waals surface area contributed by atoms with E-state index in [-0.39, 0.29) is 12.5 Å². The second-order valence-electron chi connectivity index (χ2n) is 7.14. The number of hydrogen-bond acceptors (Lipinski definition) is 6. The van der Waals surface area contributed by atoms with Gasteiger partial charge in [0.25, 0.3) is 0 Å². The lowest BCUT2D eigenvalue weighted by Gasteiger charge is -2.34. The Labute approximate surface area is 164 Å². The highest BCUT2D eigenvalue weighted by molar-refractivity contribution is 5.66. The van der Waals surface area contributed by atoms with Crippen LogP contribution in [0.3, 0.4) is 0 Å². The number of rotatable bonds is 5. The van der Waals surface area contributed by atoms with Crippen LogP contribution in [0.1, 0.15) is 19.5 Å². The first-order valence-electron chi connectivity index (χ1n) is 9.01. The number of H-pyrrole nitrogens is 1. The molecule has 2 aromatic rings. The Balaban J connectivity index is 1.83. The van der Waals surface area contributed by atoms with Crippen LogP contribution >= 0.6 is 0 Å². The molecule has 0 radical (unpaired) electrons. The molecule has 29 heavy (non-hydrogen) atoms. The van der Waals surface area contributed by atoms with Crippen LogP contribution in [0.25, 0.3) is 0 Å². The summed E-state index contributed by atoms with van der Waals surface area (Å²) in [6, 6.07) is 0.484. The van der Waals surface area contributed by atoms with E-state index in [0.29, 0.717) is 34.7 Å². The number of hydrogen-bond donors (Lipinski definition) is 3. The predicted octanol–water partition coefficient (Wildman–Crippen LogP) is 3.01. The molecule has 0 bridgehead atoms. The number of nitrogens with zero attached hydrogens (tertiary/aromatic N) is 5. The van der Waals surface area contributed by atoms with Crippen molar-refractivity contribution in [3.8, 4) is 0 Å². The van der Waals surface area contributed by atoms with Gasteiger partial charge in [0.05, 0.1) is 6.04 Å². The zero-order valence-electron chi connectivity index (χ0n) is 16.1. The summed E-state index contributed by atoms with van der Waals surface area (Å²) in [7, 11) is 0. The number of carbonyl (C=O) groups is 1. The fraction of sp³-hybridized carbons (Fsp3) is 0.529. The van der Waals surface area contributed by atoms with Crippen molar-refractivity contribution in [1.82, 2.24) is 25.1 Å². The monoisotopic (exact) mass is 413 g/mol. The van der Waals surface area contributed by atoms with Gasteiger partial charge in [0.1, 0.15) is 11.9 Å². The van der Waals surface area contributed by atoms with Gasteiger partial charge >= 0.3 is 12.3 Å². The summed E-state index contributed by atoms with van der Waals surface area (Å²) < 4.78 is 39.6. The van der Waals surface area contributed by atoms with Gasteiger partial charge in [-0.25, -0.2) is 9.78 Å². The Bertz CT molecular complexity index is 859. The molecule has 1 aliphatic heterocycles. The minimum absolute atomic E-state index is 0.0686. The van der Waals surface area contributed by atoms with Gasteiger partial charge in [0.2, 0.25) is 5.95 Å². The minimum Gasteiger partial charge on any atom is -0.465 e. The molecular formula is C17H22F3N7O2. The number of nitrogens with one attached hydrogen (secondary N) is 2. The van der Waals surface area contributed by atoms with Crippen molar-refractivity contribution in [1.29, 1.82) is 0 Å². The Morgan fingerprint density at radius 2 is 2.10 bits per heavy atom. The highest BCUT2D eigenvalue weighted by Gasteiger charge is 2.48. The first-order valence-corrected chi connectivity index (χ1v) is 9.01. The van der Waals surface area contributed by atoms with Crippen molar-refractivity contribution in [2.45, 2.75) is 39.0 Å². The van der Waals surface area contributed by atoms with Crippen molar-refractivity contribution in [2.24, 2.45) is 5.92 Å². The molecule has 2 aromatic heterocycles. The molecule has 3 atom stereocenters. The Morgan fingerprint density at radius 3 is 2.69 bits per heavy atom. The van der Waals surface area contributed by atoms with Crippen LogP contribution in [0.15, 0.2) is 18.3 Å². The molecule has 0 saturated carbocycles. The van der Waals surface area contributed by atoms with E-state index in [0.717, 1.165) is 6.92 Å². The lowest BCUT2D eigenvalue weighted by molar-refractivity contribution is -0.178. The summed E-state index contributed by atoms with van der Waals surface area (Å²) in [6.07, 6.45) is -4.60. The average molecular weight is 413 g/mol. The van der Waals surface area contributed by atoms with Crippen LogP contribution in [0.4, 0.5) is 35.5 Å². The quantitative estimate of drug-likeness (QED) is 0.691. The van der Waals surface area contributed by atoms with Crippen LogP contribution in [0, 0.1) is 12.8 Å². The van der Waals surface area contributed by atoms with Gasteiger partial charge < -0.3 is 15.3 Å². The number of amides is 1. The number of aryl methyl sites for hydroxylation is 1. The van der Waals surface area contributed by atoms with E-state index in [1.54, 1.807) is 37.1 Å². The molecule has 0 spiro atoms. The third-order valence-electron chi connectivity index (χ3n) is 4.92. The second-order valence-corrected chi connectivity index (χ2v) is 7.14. The standard InChI is InChI=1S/C17H22F3N7O2/c1-9-7-26(8-12(9)27(16(28)29)11(3)17(18,19)20)15-22-10(2)6-14(24-15)23-13-4-5-21-25-13/h4-6,9,11-12H,7-8H2,1-3H3,(H,28,29)(H2,21,22,23,24,25)/t9-,11-,12-/m0/s1. The van der Waals surface area contributed by atoms with Crippen LogP contribution in [-0.4, -0.2) is 67.6 Å². The fourth-order valence-corrected chi connectivity index (χ4v) is 3.45. The third-order valence-corrected chi connectivity index (χ3v) is 4.92. The molecular weight excluding hydrogens is 391 g/mol. The van der Waals surface area contributed by atoms with Gasteiger partial charge in [-0.2, -0.15) is 23.3 Å². The molecule has 1 saturated heterocycles. The molecule has 1 amide bonds. The first-order chi connectivity index (χ1) is 13.6. The van der Waals surface area contributed by atoms with E-state index in [2.05, 4.69) is 25.5 Å². The molecule has 0 unspecified atom stereocenters. The van der Waals surface area contributed by atoms with Gasteiger partial charge in [-0.05, 0) is 19.8 Å². The molecule has 0 aromatic carbocycles. The van der Waals surface area contributed by atoms with Gasteiger partial charge in [0.15, 0.2) is 5.82 Å². The highest BCUT2D eigenvalue weighted by atomic mass is 19.4. The smallest absolute Gasteiger partial charge is 0.408 e. The Hall–Kier alpha value is -3.05. The van der Waals surface area contributed by atoms with Gasteiger partial charge in [-0.3, -0.25) is 10.00 Å². The van der Waals surface area contributed by atoms with Crippen LogP contribution in [0.5, 0.6) is 0 Å². The second kappa shape index (κ2) is 7.76. The summed E-state index contributed by atoms with van der Waals surface area (Å²) in [5.41, 5.74) is 0.655. The van der Waals surface area contributed by atoms with E-state index in [1.807, 2.05) is 0 Å². The molecule has 1 fully saturated rings. The minimum atomic E-state index is -4.65. The van der Waals surface area contributed by atoms with Crippen molar-refractivity contribution >= 4 is 23.7 Å². The van der Waals surface area contributed by atoms with Crippen LogP contribution in [0.2, 0.25) is 0 Å². The topological polar surface area (TPSA) is 110 Å². The first kappa shape index (κ1) is 20.7. The summed E-state index contributed by atoms with van der Waals surface area (Å²) in [5.74, 6) is 1.03. The predicted molar refractivity (Wildman–Crippen MR) is 99.2 cm³/mol. The molecule has 3 rings (SSSR count). The maximum Gasteiger partial charge on any atom is 0.408 e. The summed E-state index contributed by atoms with van der Waals surface area (Å²) in [5, 5.41) is 19.1. The highest BCUT2D eigenvalue weighted by Crippen LogP contribution is 2.32. The lowest BCUT2D eigenvalue weighted by atomic mass is 10.0. The molecule has 3 N–H and O–H groups in total. The van der Waals surface area contributed by atoms with Crippen molar-refractivity contribution in [3.63, 3.8) is 0 Å². The zero-order chi connectivity index (χ0) is 21.3. The number of alkyl halides is 3. The van der Waals surface area contributed by atoms with Gasteiger partial charge in [-0.1, -0.05) is 6.92 Å². The Kier molecular flexibility index (Phi) is 5.53. The van der Waals surface area contributed by atoms with Crippen LogP contribution in [-0.2, 0) is 0 Å². The van der Waals surface area contributed by atoms with E-state index >= 15 is 0 Å². The molecule has 0 aliphatic carbocycles. The number of aromatic amines is 1. The van der Waals surface area contributed by atoms with E-state index < -0.39 is 24.4 Å². The van der Waals surface area contributed by atoms with Crippen molar-refractivity contribution < 1.29 is 23.1 Å². The summed E-state index contributed by atoms with van der Waals surface area (Å²) in [4.78, 5) is 22.6. The van der Waals surface area contributed by atoms with Gasteiger partial charge in [0, 0.05) is 37.1 Å². The normalized spacial score (nSPS) is 20.6.